The maximum Gasteiger partial charge on any atom is 0.253 e. The van der Waals surface area contributed by atoms with Gasteiger partial charge >= 0.3 is 0 Å². The molecule has 1 amide bonds. The Balaban J connectivity index is 1.86. The van der Waals surface area contributed by atoms with Gasteiger partial charge in [-0.3, -0.25) is 4.79 Å². The minimum absolute atomic E-state index is 0.0260. The van der Waals surface area contributed by atoms with Crippen LogP contribution in [0.3, 0.4) is 0 Å². The monoisotopic (exact) mass is 468 g/mol. The Hall–Kier alpha value is -1.60. The largest absolute Gasteiger partial charge is 0.748 e. The third kappa shape index (κ3) is 5.76. The molecule has 162 valence electrons. The lowest BCUT2D eigenvalue weighted by Gasteiger charge is -2.44. The first-order chi connectivity index (χ1) is 14.2. The van der Waals surface area contributed by atoms with E-state index in [1.165, 1.54) is 0 Å². The molecule has 5 nitrogen and oxygen atoms in total. The number of carbonyl (C=O) groups excluding carboxylic acids is 1. The molecule has 0 bridgehead atoms. The molecule has 0 spiro atoms. The van der Waals surface area contributed by atoms with Gasteiger partial charge in [0.15, 0.2) is 0 Å². The summed E-state index contributed by atoms with van der Waals surface area (Å²) in [6, 6.07) is 14.7. The van der Waals surface area contributed by atoms with Gasteiger partial charge in [0.2, 0.25) is 0 Å². The maximum absolute atomic E-state index is 13.1. The molecule has 2 aromatic carbocycles. The van der Waals surface area contributed by atoms with Crippen LogP contribution in [0.2, 0.25) is 10.0 Å². The summed E-state index contributed by atoms with van der Waals surface area (Å²) in [6.45, 7) is 1.16. The van der Waals surface area contributed by atoms with E-state index < -0.39 is 10.1 Å². The highest BCUT2D eigenvalue weighted by Crippen LogP contribution is 2.41. The summed E-state index contributed by atoms with van der Waals surface area (Å²) < 4.78 is 32.9. The number of benzene rings is 2. The molecule has 0 radical (unpaired) electrons. The van der Waals surface area contributed by atoms with E-state index in [4.69, 9.17) is 23.2 Å². The van der Waals surface area contributed by atoms with Crippen molar-refractivity contribution in [2.24, 2.45) is 0 Å². The fourth-order valence-electron chi connectivity index (χ4n) is 4.22. The lowest BCUT2D eigenvalue weighted by molar-refractivity contribution is 0.0624. The predicted molar refractivity (Wildman–Crippen MR) is 118 cm³/mol. The second kappa shape index (κ2) is 9.69. The Kier molecular flexibility index (Phi) is 7.45. The molecule has 1 fully saturated rings. The number of likely N-dealkylation sites (tertiary alicyclic amines) is 1. The summed E-state index contributed by atoms with van der Waals surface area (Å²) in [5, 5.41) is 0.906. The zero-order valence-electron chi connectivity index (χ0n) is 16.5. The molecule has 0 N–H and O–H groups in total. The molecule has 8 heteroatoms. The maximum atomic E-state index is 13.1. The molecule has 1 heterocycles. The third-order valence-corrected chi connectivity index (χ3v) is 7.24. The van der Waals surface area contributed by atoms with Crippen molar-refractivity contribution in [3.8, 4) is 0 Å². The highest BCUT2D eigenvalue weighted by Gasteiger charge is 2.38. The summed E-state index contributed by atoms with van der Waals surface area (Å²) in [7, 11) is -4.24. The van der Waals surface area contributed by atoms with Crippen LogP contribution in [0.5, 0.6) is 0 Å². The van der Waals surface area contributed by atoms with E-state index in [0.29, 0.717) is 48.0 Å². The molecular formula is C22H24Cl2NO4S-. The van der Waals surface area contributed by atoms with E-state index in [0.717, 1.165) is 18.4 Å². The van der Waals surface area contributed by atoms with Gasteiger partial charge in [0.05, 0.1) is 20.2 Å². The van der Waals surface area contributed by atoms with Gasteiger partial charge in [0, 0.05) is 29.8 Å². The Morgan fingerprint density at radius 3 is 2.47 bits per heavy atom. The van der Waals surface area contributed by atoms with Crippen molar-refractivity contribution >= 4 is 39.2 Å². The molecule has 0 saturated carbocycles. The van der Waals surface area contributed by atoms with E-state index in [1.54, 1.807) is 18.2 Å². The SMILES string of the molecule is O=C(c1ccccc1)N1CCC[C@@](CCCCS(=O)(=O)[O-])(c2ccc(Cl)c(Cl)c2)C1. The van der Waals surface area contributed by atoms with Crippen LogP contribution in [0.25, 0.3) is 0 Å². The lowest BCUT2D eigenvalue weighted by Crippen LogP contribution is -2.48. The van der Waals surface area contributed by atoms with Crippen LogP contribution in [0, 0.1) is 0 Å². The molecule has 1 aliphatic heterocycles. The van der Waals surface area contributed by atoms with Crippen LogP contribution in [0.15, 0.2) is 48.5 Å². The summed E-state index contributed by atoms with van der Waals surface area (Å²) in [5.74, 6) is -0.404. The van der Waals surface area contributed by atoms with Crippen molar-refractivity contribution in [1.29, 1.82) is 0 Å². The zero-order valence-corrected chi connectivity index (χ0v) is 18.8. The van der Waals surface area contributed by atoms with Crippen LogP contribution in [-0.2, 0) is 15.5 Å². The number of carbonyl (C=O) groups is 1. The van der Waals surface area contributed by atoms with Crippen molar-refractivity contribution in [2.75, 3.05) is 18.8 Å². The van der Waals surface area contributed by atoms with E-state index in [-0.39, 0.29) is 17.1 Å². The van der Waals surface area contributed by atoms with Crippen molar-refractivity contribution in [1.82, 2.24) is 4.90 Å². The van der Waals surface area contributed by atoms with E-state index in [9.17, 15) is 17.8 Å². The molecule has 1 aliphatic rings. The van der Waals surface area contributed by atoms with Gasteiger partial charge in [-0.2, -0.15) is 0 Å². The van der Waals surface area contributed by atoms with Gasteiger partial charge in [-0.15, -0.1) is 0 Å². The van der Waals surface area contributed by atoms with Gasteiger partial charge < -0.3 is 9.45 Å². The Bertz CT molecular complexity index is 997. The first-order valence-corrected chi connectivity index (χ1v) is 12.3. The molecule has 3 rings (SSSR count). The molecular weight excluding hydrogens is 445 g/mol. The Morgan fingerprint density at radius 1 is 1.07 bits per heavy atom. The Morgan fingerprint density at radius 2 is 1.80 bits per heavy atom. The van der Waals surface area contributed by atoms with Crippen LogP contribution in [0.4, 0.5) is 0 Å². The molecule has 0 aliphatic carbocycles. The summed E-state index contributed by atoms with van der Waals surface area (Å²) in [4.78, 5) is 14.9. The number of rotatable bonds is 7. The van der Waals surface area contributed by atoms with E-state index in [2.05, 4.69) is 0 Å². The van der Waals surface area contributed by atoms with Crippen LogP contribution in [0.1, 0.15) is 48.0 Å². The molecule has 30 heavy (non-hydrogen) atoms. The number of piperidine rings is 1. The van der Waals surface area contributed by atoms with Crippen LogP contribution < -0.4 is 0 Å². The number of hydrogen-bond acceptors (Lipinski definition) is 4. The van der Waals surface area contributed by atoms with Gasteiger partial charge in [0.1, 0.15) is 0 Å². The second-order valence-electron chi connectivity index (χ2n) is 7.82. The first kappa shape index (κ1) is 23.1. The molecule has 0 aromatic heterocycles. The topological polar surface area (TPSA) is 77.5 Å². The normalized spacial score (nSPS) is 19.6. The highest BCUT2D eigenvalue weighted by molar-refractivity contribution is 7.85. The average molecular weight is 469 g/mol. The van der Waals surface area contributed by atoms with Crippen LogP contribution >= 0.6 is 23.2 Å². The lowest BCUT2D eigenvalue weighted by atomic mass is 9.70. The molecule has 1 atom stereocenters. The fraction of sp³-hybridized carbons (Fsp3) is 0.409. The van der Waals surface area contributed by atoms with Gasteiger partial charge in [-0.05, 0) is 55.5 Å². The first-order valence-electron chi connectivity index (χ1n) is 9.94. The zero-order chi connectivity index (χ0) is 21.8. The standard InChI is InChI=1S/C22H25Cl2NO4S/c23-19-10-9-18(15-20(19)24)22(11-4-5-14-30(27,28)29)12-6-13-25(16-22)21(26)17-7-2-1-3-8-17/h1-3,7-10,15H,4-6,11-14,16H2,(H,27,28,29)/p-1/t22-/m1/s1. The number of hydrogen-bond donors (Lipinski definition) is 0. The molecule has 0 unspecified atom stereocenters. The molecule has 2 aromatic rings. The van der Waals surface area contributed by atoms with Gasteiger partial charge in [-0.25, -0.2) is 8.42 Å². The predicted octanol–water partition coefficient (Wildman–Crippen LogP) is 4.88. The highest BCUT2D eigenvalue weighted by atomic mass is 35.5. The second-order valence-corrected chi connectivity index (χ2v) is 10.2. The van der Waals surface area contributed by atoms with Crippen molar-refractivity contribution in [2.45, 2.75) is 37.5 Å². The quantitative estimate of drug-likeness (QED) is 0.428. The Labute approximate surface area is 187 Å². The summed E-state index contributed by atoms with van der Waals surface area (Å²) in [5.41, 5.74) is 1.25. The third-order valence-electron chi connectivity index (χ3n) is 5.72. The van der Waals surface area contributed by atoms with Gasteiger partial charge in [0.25, 0.3) is 5.91 Å². The van der Waals surface area contributed by atoms with E-state index in [1.807, 2.05) is 35.2 Å². The summed E-state index contributed by atoms with van der Waals surface area (Å²) in [6.07, 6.45) is 3.17. The fourth-order valence-corrected chi connectivity index (χ4v) is 5.08. The number of unbranched alkanes of at least 4 members (excludes halogenated alkanes) is 1. The van der Waals surface area contributed by atoms with E-state index >= 15 is 0 Å². The minimum Gasteiger partial charge on any atom is -0.748 e. The number of nitrogens with zero attached hydrogens (tertiary/aromatic N) is 1. The van der Waals surface area contributed by atoms with Crippen molar-refractivity contribution < 1.29 is 17.8 Å². The van der Waals surface area contributed by atoms with Gasteiger partial charge in [-0.1, -0.05) is 53.9 Å². The smallest absolute Gasteiger partial charge is 0.253 e. The number of amides is 1. The average Bonchev–Trinajstić information content (AvgIpc) is 2.73. The minimum atomic E-state index is -4.24. The molecule has 1 saturated heterocycles. The van der Waals surface area contributed by atoms with Crippen molar-refractivity contribution in [3.63, 3.8) is 0 Å². The number of halogens is 2. The van der Waals surface area contributed by atoms with Crippen LogP contribution in [-0.4, -0.2) is 42.6 Å². The van der Waals surface area contributed by atoms with Crippen molar-refractivity contribution in [3.05, 3.63) is 69.7 Å². The summed E-state index contributed by atoms with van der Waals surface area (Å²) >= 11 is 12.4.